The number of carbonyl (C=O) groups excluding carboxylic acids is 3. The van der Waals surface area contributed by atoms with Crippen LogP contribution in [0, 0.1) is 0 Å². The lowest BCUT2D eigenvalue weighted by atomic mass is 10.1. The van der Waals surface area contributed by atoms with Crippen molar-refractivity contribution in [3.05, 3.63) is 82.3 Å². The zero-order valence-electron chi connectivity index (χ0n) is 19.2. The van der Waals surface area contributed by atoms with Gasteiger partial charge in [-0.2, -0.15) is 0 Å². The Morgan fingerprint density at radius 1 is 1.00 bits per heavy atom. The van der Waals surface area contributed by atoms with Crippen molar-refractivity contribution in [1.82, 2.24) is 4.90 Å². The third kappa shape index (κ3) is 5.27. The SMILES string of the molecule is O=C(COc1ccccc1Br)Nc1ccc(Oc2ccc3c(c2)C(=O)N(CC2CCCO2)C3=O)cc1. The molecule has 9 heteroatoms. The number of hydrogen-bond donors (Lipinski definition) is 1. The van der Waals surface area contributed by atoms with Crippen LogP contribution in [0.5, 0.6) is 17.2 Å². The van der Waals surface area contributed by atoms with E-state index in [0.29, 0.717) is 40.7 Å². The molecule has 2 aliphatic heterocycles. The monoisotopic (exact) mass is 550 g/mol. The fourth-order valence-electron chi connectivity index (χ4n) is 4.14. The quantitative estimate of drug-likeness (QED) is 0.395. The molecule has 0 saturated carbocycles. The van der Waals surface area contributed by atoms with Gasteiger partial charge in [0.25, 0.3) is 17.7 Å². The number of halogens is 1. The third-order valence-corrected chi connectivity index (χ3v) is 6.58. The van der Waals surface area contributed by atoms with Crippen LogP contribution in [0.2, 0.25) is 0 Å². The van der Waals surface area contributed by atoms with Gasteiger partial charge in [-0.1, -0.05) is 12.1 Å². The van der Waals surface area contributed by atoms with Gasteiger partial charge in [0, 0.05) is 12.3 Å². The molecule has 3 aromatic carbocycles. The first-order chi connectivity index (χ1) is 17.5. The van der Waals surface area contributed by atoms with Crippen LogP contribution >= 0.6 is 15.9 Å². The van der Waals surface area contributed by atoms with E-state index >= 15 is 0 Å². The van der Waals surface area contributed by atoms with Gasteiger partial charge in [-0.15, -0.1) is 0 Å². The first kappa shape index (κ1) is 24.0. The molecule has 3 amide bonds. The smallest absolute Gasteiger partial charge is 0.262 e. The Hall–Kier alpha value is -3.69. The Balaban J connectivity index is 1.18. The fraction of sp³-hybridized carbons (Fsp3) is 0.222. The lowest BCUT2D eigenvalue weighted by Crippen LogP contribution is -2.36. The normalized spacial score (nSPS) is 16.7. The van der Waals surface area contributed by atoms with Gasteiger partial charge in [0.05, 0.1) is 28.2 Å². The number of rotatable bonds is 8. The van der Waals surface area contributed by atoms with Gasteiger partial charge < -0.3 is 19.5 Å². The maximum absolute atomic E-state index is 12.9. The highest BCUT2D eigenvalue weighted by Crippen LogP contribution is 2.31. The lowest BCUT2D eigenvalue weighted by molar-refractivity contribution is -0.118. The number of anilines is 1. The number of hydrogen-bond acceptors (Lipinski definition) is 6. The number of ether oxygens (including phenoxy) is 3. The largest absolute Gasteiger partial charge is 0.483 e. The molecule has 2 heterocycles. The van der Waals surface area contributed by atoms with Crippen molar-refractivity contribution in [2.75, 3.05) is 25.1 Å². The summed E-state index contributed by atoms with van der Waals surface area (Å²) < 4.78 is 17.8. The van der Waals surface area contributed by atoms with E-state index < -0.39 is 0 Å². The molecule has 2 aliphatic rings. The van der Waals surface area contributed by atoms with Gasteiger partial charge in [-0.3, -0.25) is 19.3 Å². The molecule has 0 bridgehead atoms. The molecule has 8 nitrogen and oxygen atoms in total. The van der Waals surface area contributed by atoms with E-state index in [-0.39, 0.29) is 37.0 Å². The standard InChI is InChI=1S/C27H23BrN2O6/c28-23-5-1-2-6-24(23)35-16-25(31)29-17-7-9-18(10-8-17)36-19-11-12-21-22(14-19)27(33)30(26(21)32)15-20-4-3-13-34-20/h1-2,5-12,14,20H,3-4,13,15-16H2,(H,29,31). The highest BCUT2D eigenvalue weighted by atomic mass is 79.9. The van der Waals surface area contributed by atoms with Gasteiger partial charge in [0.15, 0.2) is 6.61 Å². The summed E-state index contributed by atoms with van der Waals surface area (Å²) in [4.78, 5) is 39.0. The van der Waals surface area contributed by atoms with Crippen LogP contribution in [0.1, 0.15) is 33.6 Å². The second kappa shape index (κ2) is 10.5. The van der Waals surface area contributed by atoms with Crippen molar-refractivity contribution in [2.24, 2.45) is 0 Å². The fourth-order valence-corrected chi connectivity index (χ4v) is 4.53. The summed E-state index contributed by atoms with van der Waals surface area (Å²) in [6.07, 6.45) is 1.68. The van der Waals surface area contributed by atoms with Crippen molar-refractivity contribution in [1.29, 1.82) is 0 Å². The van der Waals surface area contributed by atoms with Gasteiger partial charge in [0.1, 0.15) is 17.2 Å². The first-order valence-electron chi connectivity index (χ1n) is 11.5. The van der Waals surface area contributed by atoms with Crippen LogP contribution in [-0.4, -0.2) is 48.5 Å². The van der Waals surface area contributed by atoms with Crippen LogP contribution in [-0.2, 0) is 9.53 Å². The van der Waals surface area contributed by atoms with E-state index in [1.54, 1.807) is 48.5 Å². The molecule has 0 aromatic heterocycles. The molecule has 184 valence electrons. The molecule has 1 saturated heterocycles. The second-order valence-corrected chi connectivity index (χ2v) is 9.31. The molecule has 0 radical (unpaired) electrons. The number of nitrogens with zero attached hydrogens (tertiary/aromatic N) is 1. The number of para-hydroxylation sites is 1. The summed E-state index contributed by atoms with van der Waals surface area (Å²) in [5.74, 6) is 0.604. The van der Waals surface area contributed by atoms with Gasteiger partial charge in [0.2, 0.25) is 0 Å². The molecule has 1 N–H and O–H groups in total. The molecule has 1 unspecified atom stereocenters. The summed E-state index contributed by atoms with van der Waals surface area (Å²) in [6, 6.07) is 19.0. The lowest BCUT2D eigenvalue weighted by Gasteiger charge is -2.17. The Morgan fingerprint density at radius 2 is 1.75 bits per heavy atom. The summed E-state index contributed by atoms with van der Waals surface area (Å²) in [5.41, 5.74) is 1.28. The van der Waals surface area contributed by atoms with Gasteiger partial charge >= 0.3 is 0 Å². The minimum Gasteiger partial charge on any atom is -0.483 e. The van der Waals surface area contributed by atoms with E-state index in [1.165, 1.54) is 4.90 Å². The Morgan fingerprint density at radius 3 is 2.50 bits per heavy atom. The van der Waals surface area contributed by atoms with E-state index in [1.807, 2.05) is 18.2 Å². The average molecular weight is 551 g/mol. The molecular formula is C27H23BrN2O6. The number of carbonyl (C=O) groups is 3. The zero-order chi connectivity index (χ0) is 25.1. The number of benzene rings is 3. The van der Waals surface area contributed by atoms with Gasteiger partial charge in [-0.25, -0.2) is 0 Å². The molecule has 0 spiro atoms. The van der Waals surface area contributed by atoms with Crippen LogP contribution < -0.4 is 14.8 Å². The van der Waals surface area contributed by atoms with E-state index in [2.05, 4.69) is 21.2 Å². The van der Waals surface area contributed by atoms with Crippen molar-refractivity contribution >= 4 is 39.3 Å². The van der Waals surface area contributed by atoms with Crippen molar-refractivity contribution in [2.45, 2.75) is 18.9 Å². The molecule has 0 aliphatic carbocycles. The van der Waals surface area contributed by atoms with E-state index in [0.717, 1.165) is 17.3 Å². The van der Waals surface area contributed by atoms with Crippen LogP contribution in [0.25, 0.3) is 0 Å². The van der Waals surface area contributed by atoms with Crippen LogP contribution in [0.3, 0.4) is 0 Å². The highest BCUT2D eigenvalue weighted by molar-refractivity contribution is 9.10. The van der Waals surface area contributed by atoms with Crippen LogP contribution in [0.4, 0.5) is 5.69 Å². The number of fused-ring (bicyclic) bond motifs is 1. The zero-order valence-corrected chi connectivity index (χ0v) is 20.8. The molecule has 5 rings (SSSR count). The Bertz CT molecular complexity index is 1300. The molecule has 1 atom stereocenters. The molecule has 1 fully saturated rings. The number of nitrogens with one attached hydrogen (secondary N) is 1. The van der Waals surface area contributed by atoms with Crippen molar-refractivity contribution < 1.29 is 28.6 Å². The Labute approximate surface area is 216 Å². The highest BCUT2D eigenvalue weighted by Gasteiger charge is 2.37. The van der Waals surface area contributed by atoms with Crippen LogP contribution in [0.15, 0.2) is 71.2 Å². The third-order valence-electron chi connectivity index (χ3n) is 5.92. The van der Waals surface area contributed by atoms with E-state index in [9.17, 15) is 14.4 Å². The average Bonchev–Trinajstić information content (AvgIpc) is 3.48. The second-order valence-electron chi connectivity index (χ2n) is 8.46. The topological polar surface area (TPSA) is 94.2 Å². The Kier molecular flexibility index (Phi) is 7.02. The first-order valence-corrected chi connectivity index (χ1v) is 12.3. The van der Waals surface area contributed by atoms with Crippen molar-refractivity contribution in [3.63, 3.8) is 0 Å². The minimum absolute atomic E-state index is 0.103. The van der Waals surface area contributed by atoms with E-state index in [4.69, 9.17) is 14.2 Å². The predicted molar refractivity (Wildman–Crippen MR) is 136 cm³/mol. The maximum Gasteiger partial charge on any atom is 0.262 e. The van der Waals surface area contributed by atoms with Gasteiger partial charge in [-0.05, 0) is 83.4 Å². The summed E-state index contributed by atoms with van der Waals surface area (Å²) in [7, 11) is 0. The maximum atomic E-state index is 12.9. The summed E-state index contributed by atoms with van der Waals surface area (Å²) >= 11 is 3.38. The number of imide groups is 1. The summed E-state index contributed by atoms with van der Waals surface area (Å²) in [6.45, 7) is 0.795. The molecule has 36 heavy (non-hydrogen) atoms. The van der Waals surface area contributed by atoms with Crippen molar-refractivity contribution in [3.8, 4) is 17.2 Å². The summed E-state index contributed by atoms with van der Waals surface area (Å²) in [5, 5.41) is 2.77. The minimum atomic E-state index is -0.334. The molecule has 3 aromatic rings. The number of amides is 3. The molecular weight excluding hydrogens is 528 g/mol. The predicted octanol–water partition coefficient (Wildman–Crippen LogP) is 5.03.